The Morgan fingerprint density at radius 2 is 1.72 bits per heavy atom. The summed E-state index contributed by atoms with van der Waals surface area (Å²) in [4.78, 5) is 15.2. The molecular formula is C22H23N5O4S. The molecule has 1 aliphatic rings. The summed E-state index contributed by atoms with van der Waals surface area (Å²) in [6.07, 6.45) is 3.45. The standard InChI is InChI=1S/C22H23N5O4S/c1-16-20(19(15-23)22(31-16)26-9-3-4-10-26)21(28)24-17-5-7-18(8-6-17)32(29,30)27-13-11-25(2)12-14-27/h3-10H,11-14H2,1-2H3,(H,24,28). The topological polar surface area (TPSA) is 112 Å². The van der Waals surface area contributed by atoms with E-state index in [9.17, 15) is 18.5 Å². The monoisotopic (exact) mass is 453 g/mol. The molecule has 0 unspecified atom stereocenters. The van der Waals surface area contributed by atoms with Crippen molar-refractivity contribution in [3.63, 3.8) is 0 Å². The van der Waals surface area contributed by atoms with Crippen molar-refractivity contribution in [2.45, 2.75) is 11.8 Å². The average Bonchev–Trinajstić information content (AvgIpc) is 3.41. The van der Waals surface area contributed by atoms with E-state index in [0.717, 1.165) is 0 Å². The average molecular weight is 454 g/mol. The van der Waals surface area contributed by atoms with Crippen LogP contribution in [0.1, 0.15) is 21.7 Å². The molecule has 3 aromatic rings. The minimum Gasteiger partial charge on any atom is -0.443 e. The van der Waals surface area contributed by atoms with Gasteiger partial charge in [-0.15, -0.1) is 0 Å². The highest BCUT2D eigenvalue weighted by atomic mass is 32.2. The van der Waals surface area contributed by atoms with Crippen LogP contribution in [0.2, 0.25) is 0 Å². The van der Waals surface area contributed by atoms with E-state index in [4.69, 9.17) is 4.42 Å². The summed E-state index contributed by atoms with van der Waals surface area (Å²) < 4.78 is 34.5. The number of hydrogen-bond donors (Lipinski definition) is 1. The van der Waals surface area contributed by atoms with Gasteiger partial charge < -0.3 is 14.6 Å². The van der Waals surface area contributed by atoms with Crippen molar-refractivity contribution >= 4 is 21.6 Å². The summed E-state index contributed by atoms with van der Waals surface area (Å²) in [6, 6.07) is 11.6. The lowest BCUT2D eigenvalue weighted by Gasteiger charge is -2.31. The van der Waals surface area contributed by atoms with Gasteiger partial charge >= 0.3 is 0 Å². The molecule has 4 rings (SSSR count). The summed E-state index contributed by atoms with van der Waals surface area (Å²) in [5.41, 5.74) is 0.690. The maximum absolute atomic E-state index is 12.9. The molecule has 1 saturated heterocycles. The second-order valence-corrected chi connectivity index (χ2v) is 9.54. The lowest BCUT2D eigenvalue weighted by atomic mass is 10.1. The largest absolute Gasteiger partial charge is 0.443 e. The van der Waals surface area contributed by atoms with Crippen LogP contribution in [-0.2, 0) is 10.0 Å². The normalized spacial score (nSPS) is 15.4. The van der Waals surface area contributed by atoms with Gasteiger partial charge in [-0.05, 0) is 50.4 Å². The number of nitrogens with zero attached hydrogens (tertiary/aromatic N) is 4. The highest BCUT2D eigenvalue weighted by Crippen LogP contribution is 2.27. The fourth-order valence-corrected chi connectivity index (χ4v) is 5.06. The van der Waals surface area contributed by atoms with Gasteiger partial charge in [-0.25, -0.2) is 8.42 Å². The minimum absolute atomic E-state index is 0.130. The predicted molar refractivity (Wildman–Crippen MR) is 118 cm³/mol. The number of likely N-dealkylation sites (N-methyl/N-ethyl adjacent to an activating group) is 1. The Morgan fingerprint density at radius 3 is 2.31 bits per heavy atom. The van der Waals surface area contributed by atoms with Crippen LogP contribution in [0.25, 0.3) is 5.88 Å². The van der Waals surface area contributed by atoms with Crippen LogP contribution in [0.3, 0.4) is 0 Å². The van der Waals surface area contributed by atoms with Gasteiger partial charge in [0.1, 0.15) is 23.0 Å². The van der Waals surface area contributed by atoms with E-state index in [0.29, 0.717) is 37.6 Å². The first-order chi connectivity index (χ1) is 15.3. The Labute approximate surface area is 186 Å². The van der Waals surface area contributed by atoms with Crippen molar-refractivity contribution in [2.24, 2.45) is 0 Å². The summed E-state index contributed by atoms with van der Waals surface area (Å²) in [6.45, 7) is 3.87. The summed E-state index contributed by atoms with van der Waals surface area (Å²) in [5, 5.41) is 12.3. The van der Waals surface area contributed by atoms with E-state index in [1.165, 1.54) is 28.6 Å². The molecule has 1 aliphatic heterocycles. The number of sulfonamides is 1. The number of nitriles is 1. The van der Waals surface area contributed by atoms with Gasteiger partial charge in [-0.2, -0.15) is 9.57 Å². The molecule has 2 aromatic heterocycles. The van der Waals surface area contributed by atoms with Crippen LogP contribution in [-0.4, -0.2) is 61.3 Å². The van der Waals surface area contributed by atoms with Gasteiger partial charge in [0.25, 0.3) is 5.91 Å². The number of nitrogens with one attached hydrogen (secondary N) is 1. The van der Waals surface area contributed by atoms with Crippen molar-refractivity contribution in [3.8, 4) is 12.0 Å². The van der Waals surface area contributed by atoms with Gasteiger partial charge in [-0.1, -0.05) is 0 Å². The third-order valence-corrected chi connectivity index (χ3v) is 7.37. The number of anilines is 1. The SMILES string of the molecule is Cc1oc(-n2cccc2)c(C#N)c1C(=O)Nc1ccc(S(=O)(=O)N2CCN(C)CC2)cc1. The molecule has 1 N–H and O–H groups in total. The first kappa shape index (κ1) is 21.8. The third kappa shape index (κ3) is 4.05. The van der Waals surface area contributed by atoms with Crippen molar-refractivity contribution in [1.29, 1.82) is 5.26 Å². The second kappa shape index (κ2) is 8.63. The highest BCUT2D eigenvalue weighted by Gasteiger charge is 2.28. The fraction of sp³-hybridized carbons (Fsp3) is 0.273. The molecule has 3 heterocycles. The quantitative estimate of drug-likeness (QED) is 0.635. The number of hydrogen-bond acceptors (Lipinski definition) is 6. The first-order valence-electron chi connectivity index (χ1n) is 10.1. The lowest BCUT2D eigenvalue weighted by molar-refractivity contribution is 0.102. The van der Waals surface area contributed by atoms with Crippen molar-refractivity contribution < 1.29 is 17.6 Å². The Kier molecular flexibility index (Phi) is 5.88. The molecule has 1 amide bonds. The number of furan rings is 1. The Hall–Kier alpha value is -3.39. The molecule has 0 atom stereocenters. The molecule has 1 fully saturated rings. The fourth-order valence-electron chi connectivity index (χ4n) is 3.64. The molecule has 0 saturated carbocycles. The van der Waals surface area contributed by atoms with Gasteiger partial charge in [0.15, 0.2) is 0 Å². The van der Waals surface area contributed by atoms with E-state index < -0.39 is 15.9 Å². The van der Waals surface area contributed by atoms with Crippen molar-refractivity contribution in [3.05, 3.63) is 65.7 Å². The van der Waals surface area contributed by atoms with E-state index in [-0.39, 0.29) is 21.9 Å². The van der Waals surface area contributed by atoms with Gasteiger partial charge in [0.05, 0.1) is 4.90 Å². The molecule has 0 aliphatic carbocycles. The predicted octanol–water partition coefficient (Wildman–Crippen LogP) is 2.44. The number of carbonyl (C=O) groups excluding carboxylic acids is 1. The van der Waals surface area contributed by atoms with Crippen LogP contribution in [0.5, 0.6) is 0 Å². The Bertz CT molecular complexity index is 1260. The summed E-state index contributed by atoms with van der Waals surface area (Å²) >= 11 is 0. The molecule has 9 nitrogen and oxygen atoms in total. The van der Waals surface area contributed by atoms with Gasteiger partial charge in [-0.3, -0.25) is 9.36 Å². The number of piperazine rings is 1. The molecule has 0 bridgehead atoms. The molecule has 10 heteroatoms. The maximum atomic E-state index is 12.9. The number of aromatic nitrogens is 1. The van der Waals surface area contributed by atoms with E-state index >= 15 is 0 Å². The molecular weight excluding hydrogens is 430 g/mol. The zero-order valence-electron chi connectivity index (χ0n) is 17.8. The zero-order chi connectivity index (χ0) is 22.9. The van der Waals surface area contributed by atoms with E-state index in [2.05, 4.69) is 10.2 Å². The Balaban J connectivity index is 1.53. The number of carbonyl (C=O) groups is 1. The van der Waals surface area contributed by atoms with Crippen LogP contribution < -0.4 is 5.32 Å². The molecule has 166 valence electrons. The van der Waals surface area contributed by atoms with E-state index in [1.54, 1.807) is 36.0 Å². The van der Waals surface area contributed by atoms with Crippen LogP contribution in [0.15, 0.2) is 58.1 Å². The zero-order valence-corrected chi connectivity index (χ0v) is 18.6. The molecule has 0 spiro atoms. The van der Waals surface area contributed by atoms with Crippen molar-refractivity contribution in [2.75, 3.05) is 38.5 Å². The number of benzene rings is 1. The third-order valence-electron chi connectivity index (χ3n) is 5.46. The second-order valence-electron chi connectivity index (χ2n) is 7.60. The van der Waals surface area contributed by atoms with Crippen LogP contribution >= 0.6 is 0 Å². The summed E-state index contributed by atoms with van der Waals surface area (Å²) in [5.74, 6) is 0.0849. The van der Waals surface area contributed by atoms with Crippen molar-refractivity contribution in [1.82, 2.24) is 13.8 Å². The van der Waals surface area contributed by atoms with Crippen LogP contribution in [0, 0.1) is 18.3 Å². The number of rotatable bonds is 5. The van der Waals surface area contributed by atoms with E-state index in [1.807, 2.05) is 13.1 Å². The molecule has 32 heavy (non-hydrogen) atoms. The smallest absolute Gasteiger partial charge is 0.260 e. The number of amides is 1. The minimum atomic E-state index is -3.59. The lowest BCUT2D eigenvalue weighted by Crippen LogP contribution is -2.46. The highest BCUT2D eigenvalue weighted by molar-refractivity contribution is 7.89. The van der Waals surface area contributed by atoms with Crippen LogP contribution in [0.4, 0.5) is 5.69 Å². The summed E-state index contributed by atoms with van der Waals surface area (Å²) in [7, 11) is -1.63. The van der Waals surface area contributed by atoms with Gasteiger partial charge in [0.2, 0.25) is 15.9 Å². The Morgan fingerprint density at radius 1 is 1.09 bits per heavy atom. The molecule has 1 aromatic carbocycles. The molecule has 0 radical (unpaired) electrons. The van der Waals surface area contributed by atoms with Gasteiger partial charge in [0, 0.05) is 44.3 Å². The number of aryl methyl sites for hydroxylation is 1. The maximum Gasteiger partial charge on any atom is 0.260 e. The first-order valence-corrected chi connectivity index (χ1v) is 11.5.